The summed E-state index contributed by atoms with van der Waals surface area (Å²) in [6.45, 7) is 3.96. The minimum Gasteiger partial charge on any atom is -0.457 e. The molecule has 0 fully saturated rings. The summed E-state index contributed by atoms with van der Waals surface area (Å²) in [6.07, 6.45) is 0.836. The minimum atomic E-state index is 0.666. The van der Waals surface area contributed by atoms with Gasteiger partial charge in [-0.3, -0.25) is 4.79 Å². The minimum absolute atomic E-state index is 0.666. The summed E-state index contributed by atoms with van der Waals surface area (Å²) in [5, 5.41) is 0. The van der Waals surface area contributed by atoms with E-state index in [4.69, 9.17) is 4.74 Å². The molecule has 0 amide bonds. The predicted octanol–water partition coefficient (Wildman–Crippen LogP) is 3.91. The maximum absolute atomic E-state index is 10.6. The molecule has 0 bridgehead atoms. The van der Waals surface area contributed by atoms with Gasteiger partial charge in [0.2, 0.25) is 0 Å². The van der Waals surface area contributed by atoms with E-state index in [1.165, 1.54) is 5.56 Å². The van der Waals surface area contributed by atoms with Gasteiger partial charge in [0.1, 0.15) is 17.8 Å². The second kappa shape index (κ2) is 4.83. The third kappa shape index (κ3) is 2.72. The maximum Gasteiger partial charge on any atom is 0.150 e. The Bertz CT molecular complexity index is 527. The number of aldehydes is 1. The molecule has 0 unspecified atom stereocenters. The van der Waals surface area contributed by atoms with Gasteiger partial charge in [0, 0.05) is 5.56 Å². The van der Waals surface area contributed by atoms with Crippen molar-refractivity contribution in [2.24, 2.45) is 0 Å². The number of ether oxygens (including phenoxy) is 1. The fourth-order valence-corrected chi connectivity index (χ4v) is 1.59. The molecular formula is C15H14O2. The number of hydrogen-bond acceptors (Lipinski definition) is 2. The van der Waals surface area contributed by atoms with Crippen LogP contribution in [0.4, 0.5) is 0 Å². The van der Waals surface area contributed by atoms with Gasteiger partial charge in [-0.25, -0.2) is 0 Å². The van der Waals surface area contributed by atoms with E-state index in [0.717, 1.165) is 23.3 Å². The molecule has 0 saturated carbocycles. The Morgan fingerprint density at radius 3 is 2.29 bits per heavy atom. The molecule has 0 aliphatic heterocycles. The highest BCUT2D eigenvalue weighted by Gasteiger charge is 2.02. The van der Waals surface area contributed by atoms with Gasteiger partial charge >= 0.3 is 0 Å². The predicted molar refractivity (Wildman–Crippen MR) is 67.8 cm³/mol. The first-order chi connectivity index (χ1) is 8.19. The van der Waals surface area contributed by atoms with Gasteiger partial charge in [-0.2, -0.15) is 0 Å². The van der Waals surface area contributed by atoms with Crippen LogP contribution in [0, 0.1) is 13.8 Å². The second-order valence-electron chi connectivity index (χ2n) is 4.06. The van der Waals surface area contributed by atoms with E-state index in [1.54, 1.807) is 6.07 Å². The van der Waals surface area contributed by atoms with Crippen molar-refractivity contribution < 1.29 is 9.53 Å². The van der Waals surface area contributed by atoms with Crippen molar-refractivity contribution in [3.05, 3.63) is 59.2 Å². The summed E-state index contributed by atoms with van der Waals surface area (Å²) in [5.74, 6) is 1.58. The summed E-state index contributed by atoms with van der Waals surface area (Å²) in [7, 11) is 0. The van der Waals surface area contributed by atoms with Crippen molar-refractivity contribution in [3.8, 4) is 11.5 Å². The van der Waals surface area contributed by atoms with Gasteiger partial charge in [0.05, 0.1) is 0 Å². The van der Waals surface area contributed by atoms with Gasteiger partial charge in [-0.1, -0.05) is 17.7 Å². The van der Waals surface area contributed by atoms with Crippen molar-refractivity contribution in [1.29, 1.82) is 0 Å². The number of carbonyl (C=O) groups is 1. The van der Waals surface area contributed by atoms with Crippen molar-refractivity contribution in [1.82, 2.24) is 0 Å². The Labute approximate surface area is 101 Å². The fourth-order valence-electron chi connectivity index (χ4n) is 1.59. The van der Waals surface area contributed by atoms with Crippen molar-refractivity contribution in [2.75, 3.05) is 0 Å². The lowest BCUT2D eigenvalue weighted by Crippen LogP contribution is -1.89. The molecule has 2 aromatic rings. The molecule has 0 spiro atoms. The molecule has 2 heteroatoms. The molecule has 2 aromatic carbocycles. The summed E-state index contributed by atoms with van der Waals surface area (Å²) in [6, 6.07) is 13.3. The van der Waals surface area contributed by atoms with E-state index >= 15 is 0 Å². The lowest BCUT2D eigenvalue weighted by molar-refractivity contribution is 0.112. The summed E-state index contributed by atoms with van der Waals surface area (Å²) in [4.78, 5) is 10.6. The van der Waals surface area contributed by atoms with Gasteiger partial charge in [-0.05, 0) is 49.7 Å². The number of rotatable bonds is 3. The van der Waals surface area contributed by atoms with E-state index in [-0.39, 0.29) is 0 Å². The highest BCUT2D eigenvalue weighted by Crippen LogP contribution is 2.25. The molecule has 0 saturated heterocycles. The highest BCUT2D eigenvalue weighted by molar-refractivity contribution is 5.75. The van der Waals surface area contributed by atoms with Gasteiger partial charge in [-0.15, -0.1) is 0 Å². The van der Waals surface area contributed by atoms with Gasteiger partial charge in [0.25, 0.3) is 0 Å². The molecule has 0 radical (unpaired) electrons. The van der Waals surface area contributed by atoms with E-state index in [0.29, 0.717) is 5.56 Å². The molecular weight excluding hydrogens is 212 g/mol. The van der Waals surface area contributed by atoms with Crippen LogP contribution in [0.3, 0.4) is 0 Å². The number of aryl methyl sites for hydroxylation is 2. The second-order valence-corrected chi connectivity index (χ2v) is 4.06. The summed E-state index contributed by atoms with van der Waals surface area (Å²) >= 11 is 0. The van der Waals surface area contributed by atoms with Crippen LogP contribution in [0.1, 0.15) is 21.5 Å². The smallest absolute Gasteiger partial charge is 0.150 e. The highest BCUT2D eigenvalue weighted by atomic mass is 16.5. The first-order valence-electron chi connectivity index (χ1n) is 5.49. The third-order valence-corrected chi connectivity index (χ3v) is 2.58. The SMILES string of the molecule is Cc1ccc(Oc2ccc(C=O)cc2C)cc1. The van der Waals surface area contributed by atoms with Crippen LogP contribution < -0.4 is 4.74 Å². The molecule has 0 N–H and O–H groups in total. The average Bonchev–Trinajstić information content (AvgIpc) is 2.34. The Hall–Kier alpha value is -2.09. The lowest BCUT2D eigenvalue weighted by Gasteiger charge is -2.09. The number of carbonyl (C=O) groups excluding carboxylic acids is 1. The molecule has 0 aromatic heterocycles. The van der Waals surface area contributed by atoms with Crippen LogP contribution in [-0.2, 0) is 0 Å². The van der Waals surface area contributed by atoms with E-state index in [1.807, 2.05) is 50.2 Å². The zero-order chi connectivity index (χ0) is 12.3. The average molecular weight is 226 g/mol. The Kier molecular flexibility index (Phi) is 3.24. The Morgan fingerprint density at radius 1 is 1.00 bits per heavy atom. The molecule has 2 rings (SSSR count). The van der Waals surface area contributed by atoms with Crippen LogP contribution in [0.25, 0.3) is 0 Å². The van der Waals surface area contributed by atoms with Crippen LogP contribution in [0.2, 0.25) is 0 Å². The van der Waals surface area contributed by atoms with E-state index in [9.17, 15) is 4.79 Å². The lowest BCUT2D eigenvalue weighted by atomic mass is 10.1. The molecule has 0 heterocycles. The molecule has 0 aliphatic rings. The van der Waals surface area contributed by atoms with Crippen molar-refractivity contribution in [3.63, 3.8) is 0 Å². The third-order valence-electron chi connectivity index (χ3n) is 2.58. The fraction of sp³-hybridized carbons (Fsp3) is 0.133. The summed E-state index contributed by atoms with van der Waals surface area (Å²) < 4.78 is 5.75. The topological polar surface area (TPSA) is 26.3 Å². The Balaban J connectivity index is 2.24. The molecule has 0 aliphatic carbocycles. The van der Waals surface area contributed by atoms with Crippen LogP contribution in [0.15, 0.2) is 42.5 Å². The first-order valence-corrected chi connectivity index (χ1v) is 5.49. The number of benzene rings is 2. The normalized spacial score (nSPS) is 10.0. The standard InChI is InChI=1S/C15H14O2/c1-11-3-6-14(7-4-11)17-15-8-5-13(10-16)9-12(15)2/h3-10H,1-2H3. The van der Waals surface area contributed by atoms with Gasteiger partial charge in [0.15, 0.2) is 0 Å². The maximum atomic E-state index is 10.6. The van der Waals surface area contributed by atoms with Crippen molar-refractivity contribution in [2.45, 2.75) is 13.8 Å². The zero-order valence-corrected chi connectivity index (χ0v) is 9.94. The monoisotopic (exact) mass is 226 g/mol. The quantitative estimate of drug-likeness (QED) is 0.742. The van der Waals surface area contributed by atoms with Crippen molar-refractivity contribution >= 4 is 6.29 Å². The van der Waals surface area contributed by atoms with E-state index < -0.39 is 0 Å². The zero-order valence-electron chi connectivity index (χ0n) is 9.94. The van der Waals surface area contributed by atoms with Gasteiger partial charge < -0.3 is 4.74 Å². The molecule has 86 valence electrons. The molecule has 17 heavy (non-hydrogen) atoms. The first kappa shape index (κ1) is 11.4. The van der Waals surface area contributed by atoms with Crippen LogP contribution in [-0.4, -0.2) is 6.29 Å². The molecule has 2 nitrogen and oxygen atoms in total. The molecule has 0 atom stereocenters. The van der Waals surface area contributed by atoms with E-state index in [2.05, 4.69) is 0 Å². The largest absolute Gasteiger partial charge is 0.457 e. The number of hydrogen-bond donors (Lipinski definition) is 0. The van der Waals surface area contributed by atoms with Crippen LogP contribution >= 0.6 is 0 Å². The Morgan fingerprint density at radius 2 is 1.71 bits per heavy atom. The summed E-state index contributed by atoms with van der Waals surface area (Å²) in [5.41, 5.74) is 2.82. The van der Waals surface area contributed by atoms with Crippen LogP contribution in [0.5, 0.6) is 11.5 Å².